The van der Waals surface area contributed by atoms with Crippen molar-refractivity contribution in [3.05, 3.63) is 22.3 Å². The van der Waals surface area contributed by atoms with Crippen molar-refractivity contribution in [2.45, 2.75) is 30.4 Å². The van der Waals surface area contributed by atoms with E-state index in [1.165, 1.54) is 23.8 Å². The van der Waals surface area contributed by atoms with Gasteiger partial charge in [-0.2, -0.15) is 0 Å². The predicted octanol–water partition coefficient (Wildman–Crippen LogP) is -4.34. The van der Waals surface area contributed by atoms with Crippen LogP contribution in [0.1, 0.15) is 18.5 Å². The number of aliphatic carboxylic acids is 1. The summed E-state index contributed by atoms with van der Waals surface area (Å²) in [7, 11) is 1.28. The van der Waals surface area contributed by atoms with E-state index in [-0.39, 0.29) is 47.2 Å². The normalized spacial score (nSPS) is 25.5. The number of amides is 2. The molecule has 1 aromatic rings. The van der Waals surface area contributed by atoms with Gasteiger partial charge in [0.25, 0.3) is 11.8 Å². The Hall–Kier alpha value is -2.04. The first-order valence-corrected chi connectivity index (χ1v) is 11.0. The Kier molecular flexibility index (Phi) is 7.33. The van der Waals surface area contributed by atoms with Crippen LogP contribution in [0, 0.1) is 0 Å². The second-order valence-corrected chi connectivity index (χ2v) is 8.71. The second kappa shape index (κ2) is 9.62. The zero-order chi connectivity index (χ0) is 21.4. The minimum atomic E-state index is -1.43. The molecule has 2 fully saturated rings. The van der Waals surface area contributed by atoms with Crippen LogP contribution >= 0.6 is 23.1 Å². The van der Waals surface area contributed by atoms with Crippen molar-refractivity contribution in [2.75, 3.05) is 25.2 Å². The number of carbonyl (C=O) groups excluding carboxylic acids is 3. The first-order chi connectivity index (χ1) is 14.4. The first kappa shape index (κ1) is 23.6. The summed E-state index contributed by atoms with van der Waals surface area (Å²) in [5.74, 6) is -2.27. The van der Waals surface area contributed by atoms with Crippen molar-refractivity contribution in [1.82, 2.24) is 15.2 Å². The Bertz CT molecular complexity index is 961. The molecular formula is C17H18LiN5O6S2. The van der Waals surface area contributed by atoms with E-state index in [0.717, 1.165) is 17.8 Å². The van der Waals surface area contributed by atoms with Gasteiger partial charge in [0.05, 0.1) is 17.8 Å². The number of carbonyl (C=O) groups is 3. The monoisotopic (exact) mass is 459 g/mol. The number of nitrogens with two attached hydrogens (primary N) is 1. The Morgan fingerprint density at radius 1 is 1.48 bits per heavy atom. The Balaban J connectivity index is 0.00000272. The number of aromatic nitrogens is 1. The molecule has 0 bridgehead atoms. The van der Waals surface area contributed by atoms with E-state index in [1.807, 2.05) is 0 Å². The molecule has 31 heavy (non-hydrogen) atoms. The van der Waals surface area contributed by atoms with Gasteiger partial charge < -0.3 is 30.5 Å². The van der Waals surface area contributed by atoms with Crippen molar-refractivity contribution in [2.24, 2.45) is 5.16 Å². The van der Waals surface area contributed by atoms with Gasteiger partial charge in [-0.1, -0.05) is 5.16 Å². The van der Waals surface area contributed by atoms with Gasteiger partial charge in [-0.25, -0.2) is 4.98 Å². The molecule has 4 heterocycles. The molecule has 0 spiro atoms. The van der Waals surface area contributed by atoms with Gasteiger partial charge in [0.15, 0.2) is 10.8 Å². The maximum absolute atomic E-state index is 12.8. The number of nitrogens with one attached hydrogen (secondary N) is 1. The number of thioether (sulfide) groups is 1. The minimum absolute atomic E-state index is 0. The topological polar surface area (TPSA) is 159 Å². The van der Waals surface area contributed by atoms with Gasteiger partial charge in [0, 0.05) is 17.7 Å². The summed E-state index contributed by atoms with van der Waals surface area (Å²) in [5, 5.41) is 19.3. The fourth-order valence-electron chi connectivity index (χ4n) is 3.63. The second-order valence-electron chi connectivity index (χ2n) is 6.72. The molecule has 3 N–H and O–H groups in total. The Morgan fingerprint density at radius 2 is 2.26 bits per heavy atom. The van der Waals surface area contributed by atoms with Crippen molar-refractivity contribution < 1.29 is 47.9 Å². The van der Waals surface area contributed by atoms with Gasteiger partial charge in [-0.05, 0) is 18.4 Å². The zero-order valence-corrected chi connectivity index (χ0v) is 18.5. The summed E-state index contributed by atoms with van der Waals surface area (Å²) < 4.78 is 5.60. The molecular weight excluding hydrogens is 441 g/mol. The van der Waals surface area contributed by atoms with Gasteiger partial charge >= 0.3 is 18.9 Å². The predicted molar refractivity (Wildman–Crippen MR) is 106 cm³/mol. The third-order valence-electron chi connectivity index (χ3n) is 4.96. The zero-order valence-electron chi connectivity index (χ0n) is 16.8. The van der Waals surface area contributed by atoms with E-state index < -0.39 is 29.2 Å². The summed E-state index contributed by atoms with van der Waals surface area (Å²) in [6, 6.07) is -0.916. The molecule has 0 aromatic carbocycles. The number of anilines is 1. The fraction of sp³-hybridized carbons (Fsp3) is 0.471. The Morgan fingerprint density at radius 3 is 2.84 bits per heavy atom. The van der Waals surface area contributed by atoms with Crippen LogP contribution in [0.4, 0.5) is 5.13 Å². The molecule has 11 nitrogen and oxygen atoms in total. The van der Waals surface area contributed by atoms with E-state index in [2.05, 4.69) is 15.5 Å². The number of nitrogens with zero attached hydrogens (tertiary/aromatic N) is 3. The number of fused-ring (bicyclic) bond motifs is 1. The number of ether oxygens (including phenoxy) is 1. The molecule has 14 heteroatoms. The molecule has 0 radical (unpaired) electrons. The van der Waals surface area contributed by atoms with Crippen LogP contribution in [0.25, 0.3) is 0 Å². The maximum Gasteiger partial charge on any atom is 1.00 e. The van der Waals surface area contributed by atoms with Gasteiger partial charge in [-0.15, -0.1) is 23.1 Å². The third-order valence-corrected chi connectivity index (χ3v) is 6.93. The van der Waals surface area contributed by atoms with E-state index in [9.17, 15) is 19.5 Å². The molecule has 160 valence electrons. The van der Waals surface area contributed by atoms with Crippen LogP contribution in [0.15, 0.2) is 21.8 Å². The number of oxime groups is 1. The molecule has 2 amide bonds. The average molecular weight is 459 g/mol. The van der Waals surface area contributed by atoms with E-state index in [0.29, 0.717) is 24.4 Å². The van der Waals surface area contributed by atoms with Crippen LogP contribution in [-0.4, -0.2) is 70.4 Å². The molecule has 3 aliphatic rings. The molecule has 3 unspecified atom stereocenters. The molecule has 2 saturated heterocycles. The standard InChI is InChI=1S/C17H19N5O6S2.Li/c1-27-21-10(8-6-30-17(18)19-8)13(23)20-11-14(24)22-12(16(25)26)7(5-29-15(11)22)9-3-2-4-28-9;/h6,9,11,15H,2-5H2,1H3,(H2,18,19)(H,20,23)(H,25,26);/q;+1/p-1/b21-10+;. The number of hydrogen-bond acceptors (Lipinski definition) is 11. The number of nitrogen functional groups attached to an aromatic ring is 1. The number of hydrogen-bond donors (Lipinski definition) is 2. The van der Waals surface area contributed by atoms with Gasteiger partial charge in [0.2, 0.25) is 0 Å². The maximum atomic E-state index is 12.8. The van der Waals surface area contributed by atoms with E-state index in [1.54, 1.807) is 5.38 Å². The average Bonchev–Trinajstić information content (AvgIpc) is 3.40. The van der Waals surface area contributed by atoms with Crippen LogP contribution in [-0.2, 0) is 24.0 Å². The summed E-state index contributed by atoms with van der Waals surface area (Å²) in [6.45, 7) is 0.554. The van der Waals surface area contributed by atoms with Crippen molar-refractivity contribution in [3.63, 3.8) is 0 Å². The van der Waals surface area contributed by atoms with Crippen molar-refractivity contribution in [3.8, 4) is 0 Å². The van der Waals surface area contributed by atoms with Crippen LogP contribution in [0.5, 0.6) is 0 Å². The molecule has 1 aromatic heterocycles. The number of thiazole rings is 1. The summed E-state index contributed by atoms with van der Waals surface area (Å²) in [6.07, 6.45) is 1.20. The minimum Gasteiger partial charge on any atom is -0.543 e. The molecule has 0 saturated carbocycles. The quantitative estimate of drug-likeness (QED) is 0.186. The van der Waals surface area contributed by atoms with Crippen molar-refractivity contribution in [1.29, 1.82) is 0 Å². The molecule has 4 rings (SSSR count). The van der Waals surface area contributed by atoms with Crippen molar-refractivity contribution >= 4 is 51.7 Å². The Labute approximate surface area is 197 Å². The van der Waals surface area contributed by atoms with Crippen LogP contribution in [0.2, 0.25) is 0 Å². The molecule has 3 atom stereocenters. The van der Waals surface area contributed by atoms with Gasteiger partial charge in [0.1, 0.15) is 24.2 Å². The third kappa shape index (κ3) is 4.33. The molecule has 3 aliphatic heterocycles. The summed E-state index contributed by atoms with van der Waals surface area (Å²) >= 11 is 2.49. The first-order valence-electron chi connectivity index (χ1n) is 9.06. The number of β-lactam (4-membered cyclic amide) rings is 1. The van der Waals surface area contributed by atoms with Gasteiger partial charge in [-0.3, -0.25) is 14.5 Å². The van der Waals surface area contributed by atoms with Crippen LogP contribution < -0.4 is 35.0 Å². The molecule has 0 aliphatic carbocycles. The van der Waals surface area contributed by atoms with E-state index in [4.69, 9.17) is 15.3 Å². The smallest absolute Gasteiger partial charge is 0.543 e. The van der Waals surface area contributed by atoms with E-state index >= 15 is 0 Å². The SMILES string of the molecule is CO/N=C(/C(=O)NC1C(=O)N2C(C(=O)[O-])=C(C3CCCO3)CSC12)c1csc(N)n1.[Li+]. The van der Waals surface area contributed by atoms with Crippen LogP contribution in [0.3, 0.4) is 0 Å². The number of rotatable bonds is 6. The largest absolute Gasteiger partial charge is 1.00 e. The number of carboxylic acid groups (broad SMARTS) is 1. The summed E-state index contributed by atoms with van der Waals surface area (Å²) in [5.41, 5.74) is 6.09. The summed E-state index contributed by atoms with van der Waals surface area (Å²) in [4.78, 5) is 47.2. The number of carboxylic acids is 1. The fourth-order valence-corrected chi connectivity index (χ4v) is 5.59.